The minimum Gasteiger partial charge on any atom is -0.476 e. The van der Waals surface area contributed by atoms with Crippen molar-refractivity contribution in [3.8, 4) is 5.88 Å². The summed E-state index contributed by atoms with van der Waals surface area (Å²) in [4.78, 5) is 21.9. The van der Waals surface area contributed by atoms with Crippen LogP contribution in [0.25, 0.3) is 0 Å². The van der Waals surface area contributed by atoms with Crippen molar-refractivity contribution >= 4 is 22.6 Å². The second-order valence-electron chi connectivity index (χ2n) is 3.27. The van der Waals surface area contributed by atoms with Gasteiger partial charge in [0, 0.05) is 18.3 Å². The molecular formula is C11H10IN3O2. The van der Waals surface area contributed by atoms with Crippen LogP contribution in [-0.4, -0.2) is 21.6 Å². The van der Waals surface area contributed by atoms with E-state index in [-0.39, 0.29) is 5.56 Å². The lowest BCUT2D eigenvalue weighted by Crippen LogP contribution is -2.14. The first-order valence-corrected chi connectivity index (χ1v) is 6.11. The highest BCUT2D eigenvalue weighted by Gasteiger charge is 2.06. The molecule has 2 aromatic rings. The Kier molecular flexibility index (Phi) is 4.08. The maximum atomic E-state index is 11.3. The minimum atomic E-state index is -0.187. The van der Waals surface area contributed by atoms with Crippen molar-refractivity contribution in [3.05, 3.63) is 50.3 Å². The fraction of sp³-hybridized carbons (Fsp3) is 0.182. The average Bonchev–Trinajstić information content (AvgIpc) is 2.36. The first-order valence-electron chi connectivity index (χ1n) is 5.03. The van der Waals surface area contributed by atoms with Crippen molar-refractivity contribution in [2.24, 2.45) is 0 Å². The van der Waals surface area contributed by atoms with Gasteiger partial charge in [0.1, 0.15) is 3.57 Å². The predicted molar refractivity (Wildman–Crippen MR) is 71.0 cm³/mol. The number of H-pyrrole nitrogens is 1. The quantitative estimate of drug-likeness (QED) is 0.852. The molecule has 0 aliphatic carbocycles. The van der Waals surface area contributed by atoms with Gasteiger partial charge in [-0.15, -0.1) is 0 Å². The molecule has 2 aromatic heterocycles. The summed E-state index contributed by atoms with van der Waals surface area (Å²) in [6.07, 6.45) is 3.76. The molecule has 1 N–H and O–H groups in total. The number of hydrogen-bond acceptors (Lipinski definition) is 4. The van der Waals surface area contributed by atoms with E-state index in [0.29, 0.717) is 22.5 Å². The van der Waals surface area contributed by atoms with Crippen molar-refractivity contribution in [2.75, 3.05) is 6.61 Å². The predicted octanol–water partition coefficient (Wildman–Crippen LogP) is 1.39. The Hall–Kier alpha value is -1.44. The maximum absolute atomic E-state index is 11.3. The van der Waals surface area contributed by atoms with Crippen LogP contribution in [0.15, 0.2) is 35.5 Å². The van der Waals surface area contributed by atoms with Crippen LogP contribution in [0.2, 0.25) is 0 Å². The van der Waals surface area contributed by atoms with Gasteiger partial charge in [-0.25, -0.2) is 4.98 Å². The zero-order chi connectivity index (χ0) is 12.1. The maximum Gasteiger partial charge on any atom is 0.268 e. The second-order valence-corrected chi connectivity index (χ2v) is 4.35. The first kappa shape index (κ1) is 12.0. The first-order chi connectivity index (χ1) is 8.27. The molecule has 0 aromatic carbocycles. The lowest BCUT2D eigenvalue weighted by atomic mass is 10.3. The Labute approximate surface area is 111 Å². The van der Waals surface area contributed by atoms with Gasteiger partial charge in [-0.3, -0.25) is 9.78 Å². The molecule has 0 atom stereocenters. The molecule has 88 valence electrons. The highest BCUT2D eigenvalue weighted by molar-refractivity contribution is 14.1. The van der Waals surface area contributed by atoms with E-state index in [1.165, 1.54) is 6.33 Å². The van der Waals surface area contributed by atoms with Gasteiger partial charge in [-0.2, -0.15) is 0 Å². The van der Waals surface area contributed by atoms with Gasteiger partial charge < -0.3 is 9.72 Å². The highest BCUT2D eigenvalue weighted by atomic mass is 127. The molecule has 0 aliphatic rings. The fourth-order valence-corrected chi connectivity index (χ4v) is 1.72. The summed E-state index contributed by atoms with van der Waals surface area (Å²) >= 11 is 1.91. The number of pyridine rings is 1. The number of halogens is 1. The number of ether oxygens (including phenoxy) is 1. The number of nitrogens with zero attached hydrogens (tertiary/aromatic N) is 2. The number of hydrogen-bond donors (Lipinski definition) is 1. The molecule has 2 heterocycles. The standard InChI is InChI=1S/C11H10IN3O2/c12-9-10(16)14-7-15-11(9)17-6-4-8-3-1-2-5-13-8/h1-3,5,7H,4,6H2,(H,14,15,16). The number of aromatic amines is 1. The van der Waals surface area contributed by atoms with Crippen LogP contribution in [0.4, 0.5) is 0 Å². The van der Waals surface area contributed by atoms with E-state index < -0.39 is 0 Å². The highest BCUT2D eigenvalue weighted by Crippen LogP contribution is 2.11. The largest absolute Gasteiger partial charge is 0.476 e. The van der Waals surface area contributed by atoms with Crippen LogP contribution in [0.1, 0.15) is 5.69 Å². The molecule has 0 spiro atoms. The Bertz CT molecular complexity index is 542. The Morgan fingerprint density at radius 3 is 3.00 bits per heavy atom. The lowest BCUT2D eigenvalue weighted by Gasteiger charge is -2.05. The molecule has 5 nitrogen and oxygen atoms in total. The third-order valence-corrected chi connectivity index (χ3v) is 3.04. The normalized spacial score (nSPS) is 10.2. The summed E-state index contributed by atoms with van der Waals surface area (Å²) < 4.78 is 5.91. The van der Waals surface area contributed by atoms with E-state index in [4.69, 9.17) is 4.74 Å². The molecule has 0 bridgehead atoms. The molecule has 0 aliphatic heterocycles. The summed E-state index contributed by atoms with van der Waals surface area (Å²) in [6.45, 7) is 0.448. The van der Waals surface area contributed by atoms with Crippen LogP contribution in [0, 0.1) is 3.57 Å². The van der Waals surface area contributed by atoms with Crippen LogP contribution >= 0.6 is 22.6 Å². The van der Waals surface area contributed by atoms with E-state index in [1.807, 2.05) is 40.8 Å². The smallest absolute Gasteiger partial charge is 0.268 e. The van der Waals surface area contributed by atoms with Crippen molar-refractivity contribution < 1.29 is 4.74 Å². The molecule has 17 heavy (non-hydrogen) atoms. The van der Waals surface area contributed by atoms with Crippen LogP contribution in [0.5, 0.6) is 5.88 Å². The van der Waals surface area contributed by atoms with Gasteiger partial charge in [0.15, 0.2) is 0 Å². The zero-order valence-electron chi connectivity index (χ0n) is 8.89. The van der Waals surface area contributed by atoms with Crippen LogP contribution in [-0.2, 0) is 6.42 Å². The molecule has 0 fully saturated rings. The minimum absolute atomic E-state index is 0.187. The summed E-state index contributed by atoms with van der Waals surface area (Å²) in [5, 5.41) is 0. The molecule has 0 saturated carbocycles. The molecule has 0 unspecified atom stereocenters. The van der Waals surface area contributed by atoms with Gasteiger partial charge in [-0.1, -0.05) is 6.07 Å². The molecule has 0 saturated heterocycles. The van der Waals surface area contributed by atoms with Crippen molar-refractivity contribution in [1.82, 2.24) is 15.0 Å². The topological polar surface area (TPSA) is 67.9 Å². The third-order valence-electron chi connectivity index (χ3n) is 2.09. The molecule has 0 radical (unpaired) electrons. The number of aromatic nitrogens is 3. The van der Waals surface area contributed by atoms with Gasteiger partial charge >= 0.3 is 0 Å². The van der Waals surface area contributed by atoms with Crippen LogP contribution in [0.3, 0.4) is 0 Å². The fourth-order valence-electron chi connectivity index (χ4n) is 1.27. The number of rotatable bonds is 4. The van der Waals surface area contributed by atoms with Gasteiger partial charge in [0.25, 0.3) is 5.56 Å². The molecule has 2 rings (SSSR count). The Balaban J connectivity index is 1.95. The SMILES string of the molecule is O=c1[nH]cnc(OCCc2ccccn2)c1I. The molecule has 0 amide bonds. The van der Waals surface area contributed by atoms with Gasteiger partial charge in [0.2, 0.25) is 5.88 Å². The number of nitrogens with one attached hydrogen (secondary N) is 1. The molecule has 6 heteroatoms. The van der Waals surface area contributed by atoms with Crippen molar-refractivity contribution in [2.45, 2.75) is 6.42 Å². The summed E-state index contributed by atoms with van der Waals surface area (Å²) in [5.41, 5.74) is 0.765. The zero-order valence-corrected chi connectivity index (χ0v) is 11.0. The average molecular weight is 343 g/mol. The van der Waals surface area contributed by atoms with Crippen LogP contribution < -0.4 is 10.3 Å². The van der Waals surface area contributed by atoms with Crippen molar-refractivity contribution in [1.29, 1.82) is 0 Å². The van der Waals surface area contributed by atoms with E-state index >= 15 is 0 Å². The third kappa shape index (κ3) is 3.26. The Morgan fingerprint density at radius 1 is 1.35 bits per heavy atom. The van der Waals surface area contributed by atoms with E-state index in [1.54, 1.807) is 6.20 Å². The van der Waals surface area contributed by atoms with E-state index in [0.717, 1.165) is 5.69 Å². The summed E-state index contributed by atoms with van der Waals surface area (Å²) in [5.74, 6) is 0.366. The van der Waals surface area contributed by atoms with Gasteiger partial charge in [0.05, 0.1) is 12.9 Å². The van der Waals surface area contributed by atoms with Crippen molar-refractivity contribution in [3.63, 3.8) is 0 Å². The summed E-state index contributed by atoms with van der Waals surface area (Å²) in [6, 6.07) is 5.72. The van der Waals surface area contributed by atoms with Gasteiger partial charge in [-0.05, 0) is 34.7 Å². The van der Waals surface area contributed by atoms with E-state index in [2.05, 4.69) is 15.0 Å². The monoisotopic (exact) mass is 343 g/mol. The van der Waals surface area contributed by atoms with E-state index in [9.17, 15) is 4.79 Å². The lowest BCUT2D eigenvalue weighted by molar-refractivity contribution is 0.304. The Morgan fingerprint density at radius 2 is 2.24 bits per heavy atom. The second kappa shape index (κ2) is 5.76. The molecular weight excluding hydrogens is 333 g/mol. The summed E-state index contributed by atoms with van der Waals surface area (Å²) in [7, 11) is 0.